The van der Waals surface area contributed by atoms with Crippen molar-refractivity contribution in [2.24, 2.45) is 0 Å². The molecule has 2 aromatic carbocycles. The van der Waals surface area contributed by atoms with Crippen molar-refractivity contribution in [3.63, 3.8) is 0 Å². The topological polar surface area (TPSA) is 98.9 Å². The molecule has 34 heavy (non-hydrogen) atoms. The van der Waals surface area contributed by atoms with E-state index >= 15 is 0 Å². The lowest BCUT2D eigenvalue weighted by molar-refractivity contribution is -0.462. The molecule has 7 heteroatoms. The summed E-state index contributed by atoms with van der Waals surface area (Å²) in [6, 6.07) is 10.8. The molecule has 176 valence electrons. The van der Waals surface area contributed by atoms with Crippen molar-refractivity contribution in [2.75, 3.05) is 28.3 Å². The maximum atomic E-state index is 11.4. The smallest absolute Gasteiger partial charge is 0.307 e. The lowest BCUT2D eigenvalue weighted by Gasteiger charge is -2.18. The minimum atomic E-state index is -1.21. The van der Waals surface area contributed by atoms with Crippen molar-refractivity contribution in [2.45, 2.75) is 12.8 Å². The van der Waals surface area contributed by atoms with Crippen LogP contribution in [-0.4, -0.2) is 55.6 Å². The zero-order valence-corrected chi connectivity index (χ0v) is 19.6. The number of carbonyl (C=O) groups is 2. The molecular weight excluding hydrogens is 434 g/mol. The van der Waals surface area contributed by atoms with Crippen LogP contribution in [0.5, 0.6) is 11.5 Å². The molecule has 0 aliphatic heterocycles. The van der Waals surface area contributed by atoms with Gasteiger partial charge in [0.1, 0.15) is 25.6 Å². The summed E-state index contributed by atoms with van der Waals surface area (Å²) >= 11 is 0. The number of ether oxygens (including phenoxy) is 2. The maximum absolute atomic E-state index is 11.4. The van der Waals surface area contributed by atoms with Gasteiger partial charge >= 0.3 is 5.97 Å². The lowest BCUT2D eigenvalue weighted by atomic mass is 9.88. The number of carbonyl (C=O) groups excluding carboxylic acids is 1. The highest BCUT2D eigenvalue weighted by molar-refractivity contribution is 6.04. The molecule has 0 spiro atoms. The first-order valence-electron chi connectivity index (χ1n) is 10.6. The zero-order chi connectivity index (χ0) is 24.8. The number of carboxylic acid groups (broad SMARTS) is 2. The van der Waals surface area contributed by atoms with E-state index in [0.29, 0.717) is 22.6 Å². The van der Waals surface area contributed by atoms with E-state index in [1.54, 1.807) is 24.3 Å². The highest BCUT2D eigenvalue weighted by atomic mass is 16.5. The molecule has 1 N–H and O–H groups in total. The summed E-state index contributed by atoms with van der Waals surface area (Å²) in [7, 11) is 6.90. The van der Waals surface area contributed by atoms with Crippen LogP contribution in [0.2, 0.25) is 0 Å². The van der Waals surface area contributed by atoms with Crippen LogP contribution in [0.4, 0.5) is 0 Å². The molecule has 2 aromatic rings. The molecule has 0 unspecified atom stereocenters. The second kappa shape index (κ2) is 10.7. The highest BCUT2D eigenvalue weighted by Crippen LogP contribution is 2.35. The fourth-order valence-corrected chi connectivity index (χ4v) is 3.89. The fourth-order valence-electron chi connectivity index (χ4n) is 3.89. The Kier molecular flexibility index (Phi) is 7.68. The Balaban J connectivity index is 2.26. The number of hydrogen-bond donors (Lipinski definition) is 1. The van der Waals surface area contributed by atoms with Gasteiger partial charge in [-0.05, 0) is 58.7 Å². The summed E-state index contributed by atoms with van der Waals surface area (Å²) in [5, 5.41) is 20.7. The number of allylic oxidation sites excluding steroid dienone is 5. The van der Waals surface area contributed by atoms with E-state index in [0.717, 1.165) is 28.0 Å². The van der Waals surface area contributed by atoms with Gasteiger partial charge in [-0.15, -0.1) is 0 Å². The number of carboxylic acids is 2. The van der Waals surface area contributed by atoms with Crippen LogP contribution in [0.25, 0.3) is 5.57 Å². The fraction of sp³-hybridized carbons (Fsp3) is 0.222. The summed E-state index contributed by atoms with van der Waals surface area (Å²) in [5.41, 5.74) is 5.31. The molecule has 0 amide bonds. The Hall–Kier alpha value is -4.13. The molecule has 0 aromatic heterocycles. The summed E-state index contributed by atoms with van der Waals surface area (Å²) in [5.74, 6) is -1.23. The molecule has 0 heterocycles. The lowest BCUT2D eigenvalue weighted by Crippen LogP contribution is -2.24. The van der Waals surface area contributed by atoms with Crippen LogP contribution < -0.4 is 14.6 Å². The van der Waals surface area contributed by atoms with Crippen LogP contribution in [-0.2, 0) is 22.4 Å². The Labute approximate surface area is 198 Å². The summed E-state index contributed by atoms with van der Waals surface area (Å²) in [4.78, 5) is 22.8. The van der Waals surface area contributed by atoms with E-state index in [1.807, 2.05) is 55.1 Å². The minimum absolute atomic E-state index is 0.192. The summed E-state index contributed by atoms with van der Waals surface area (Å²) in [6.45, 7) is 0. The largest absolute Gasteiger partial charge is 0.550 e. The van der Waals surface area contributed by atoms with E-state index in [1.165, 1.54) is 14.2 Å². The van der Waals surface area contributed by atoms with Gasteiger partial charge in [0.2, 0.25) is 0 Å². The molecule has 1 aliphatic rings. The maximum Gasteiger partial charge on any atom is 0.307 e. The Morgan fingerprint density at radius 3 is 1.76 bits per heavy atom. The van der Waals surface area contributed by atoms with Gasteiger partial charge < -0.3 is 24.5 Å². The Morgan fingerprint density at radius 1 is 0.853 bits per heavy atom. The van der Waals surface area contributed by atoms with E-state index in [-0.39, 0.29) is 12.8 Å². The molecule has 0 saturated heterocycles. The highest BCUT2D eigenvalue weighted by Gasteiger charge is 2.17. The Bertz CT molecular complexity index is 1160. The third-order valence-electron chi connectivity index (χ3n) is 5.49. The van der Waals surface area contributed by atoms with Gasteiger partial charge in [0.25, 0.3) is 0 Å². The first-order chi connectivity index (χ1) is 16.2. The normalized spacial score (nSPS) is 12.5. The van der Waals surface area contributed by atoms with E-state index in [2.05, 4.69) is 0 Å². The van der Waals surface area contributed by atoms with Crippen molar-refractivity contribution in [3.05, 3.63) is 88.5 Å². The Morgan fingerprint density at radius 2 is 1.35 bits per heavy atom. The van der Waals surface area contributed by atoms with Crippen molar-refractivity contribution >= 4 is 23.2 Å². The van der Waals surface area contributed by atoms with E-state index < -0.39 is 11.9 Å². The molecule has 0 fully saturated rings. The molecule has 3 rings (SSSR count). The van der Waals surface area contributed by atoms with Crippen molar-refractivity contribution in [1.82, 2.24) is 0 Å². The first kappa shape index (κ1) is 24.5. The van der Waals surface area contributed by atoms with Crippen LogP contribution in [0.15, 0.2) is 66.3 Å². The van der Waals surface area contributed by atoms with Gasteiger partial charge in [0.15, 0.2) is 5.71 Å². The number of nitrogens with zero attached hydrogens (tertiary/aromatic N) is 1. The van der Waals surface area contributed by atoms with Gasteiger partial charge in [-0.1, -0.05) is 12.1 Å². The first-order valence-corrected chi connectivity index (χ1v) is 10.6. The summed E-state index contributed by atoms with van der Waals surface area (Å²) < 4.78 is 12.7. The number of methoxy groups -OCH3 is 2. The van der Waals surface area contributed by atoms with Crippen molar-refractivity contribution < 1.29 is 33.9 Å². The van der Waals surface area contributed by atoms with Crippen LogP contribution in [0.1, 0.15) is 22.3 Å². The van der Waals surface area contributed by atoms with E-state index in [4.69, 9.17) is 9.47 Å². The molecule has 7 nitrogen and oxygen atoms in total. The average molecular weight is 462 g/mol. The molecule has 0 radical (unpaired) electrons. The van der Waals surface area contributed by atoms with E-state index in [9.17, 15) is 19.8 Å². The zero-order valence-electron chi connectivity index (χ0n) is 19.6. The van der Waals surface area contributed by atoms with Crippen molar-refractivity contribution in [1.29, 1.82) is 0 Å². The average Bonchev–Trinajstić information content (AvgIpc) is 2.79. The summed E-state index contributed by atoms with van der Waals surface area (Å²) in [6.07, 6.45) is 7.45. The SMILES string of the molecule is COc1ccc(C(=C2C=CC(=[N+](C)C)C=C2)c2ccc(OC)c(CC(=O)O)c2)cc1CC(=O)[O-]. The van der Waals surface area contributed by atoms with Gasteiger partial charge in [0.05, 0.1) is 20.6 Å². The van der Waals surface area contributed by atoms with Crippen LogP contribution >= 0.6 is 0 Å². The molecular formula is C27H27NO6. The standard InChI is InChI=1S/C27H27NO6/c1-28(2)22-9-5-17(6-10-22)27(18-7-11-23(33-3)20(13-18)15-25(29)30)19-8-12-24(34-4)21(14-19)16-26(31)32/h5-14H,15-16H2,1-4H3,(H-,29,30,31,32). The number of benzene rings is 2. The minimum Gasteiger partial charge on any atom is -0.550 e. The second-order valence-electron chi connectivity index (χ2n) is 7.99. The molecule has 0 bridgehead atoms. The van der Waals surface area contributed by atoms with Gasteiger partial charge in [-0.25, -0.2) is 4.58 Å². The molecule has 0 atom stereocenters. The van der Waals surface area contributed by atoms with Crippen molar-refractivity contribution in [3.8, 4) is 11.5 Å². The number of hydrogen-bond acceptors (Lipinski definition) is 5. The third kappa shape index (κ3) is 5.61. The number of aliphatic carboxylic acids is 2. The molecule has 0 saturated carbocycles. The second-order valence-corrected chi connectivity index (χ2v) is 7.99. The van der Waals surface area contributed by atoms with Crippen LogP contribution in [0, 0.1) is 0 Å². The predicted molar refractivity (Wildman–Crippen MR) is 127 cm³/mol. The van der Waals surface area contributed by atoms with Gasteiger partial charge in [-0.2, -0.15) is 0 Å². The third-order valence-corrected chi connectivity index (χ3v) is 5.49. The van der Waals surface area contributed by atoms with Gasteiger partial charge in [0, 0.05) is 35.7 Å². The number of rotatable bonds is 8. The molecule has 1 aliphatic carbocycles. The monoisotopic (exact) mass is 461 g/mol. The van der Waals surface area contributed by atoms with Gasteiger partial charge in [-0.3, -0.25) is 4.79 Å². The quantitative estimate of drug-likeness (QED) is 0.606. The predicted octanol–water partition coefficient (Wildman–Crippen LogP) is 2.26. The van der Waals surface area contributed by atoms with Crippen LogP contribution in [0.3, 0.4) is 0 Å².